The fourth-order valence-electron chi connectivity index (χ4n) is 6.94. The van der Waals surface area contributed by atoms with E-state index in [1.54, 1.807) is 6.07 Å². The van der Waals surface area contributed by atoms with E-state index in [1.165, 1.54) is 5.56 Å². The second-order valence-corrected chi connectivity index (χ2v) is 16.8. The Bertz CT molecular complexity index is 2440. The summed E-state index contributed by atoms with van der Waals surface area (Å²) in [5.74, 6) is 0.956. The molecule has 0 bridgehead atoms. The van der Waals surface area contributed by atoms with E-state index in [9.17, 15) is 5.11 Å². The minimum Gasteiger partial charge on any atom is -0.507 e. The zero-order chi connectivity index (χ0) is 36.5. The van der Waals surface area contributed by atoms with Crippen molar-refractivity contribution in [3.05, 3.63) is 120 Å². The molecule has 0 amide bonds. The molecule has 0 aliphatic heterocycles. The van der Waals surface area contributed by atoms with Crippen molar-refractivity contribution in [3.8, 4) is 50.6 Å². The number of benzene rings is 4. The van der Waals surface area contributed by atoms with Gasteiger partial charge in [-0.2, -0.15) is 0 Å². The van der Waals surface area contributed by atoms with E-state index < -0.39 is 0 Å². The standard InChI is InChI=1S/C46H47N4O.Pt/c1-28-16-18-35(41-42(28)50(46(8,9)10)43(49-41)37-26-33(44(2,3)4)17-19-39(37)51)30-22-31(24-32(23-30)38-15-11-12-20-47-38)36-27-34(45(5,6)7)25-29-14-13-21-48-40(29)36;/h11-21,23-27,51H,1-10H3;/q-1;. The molecule has 268 valence electrons. The third kappa shape index (κ3) is 6.84. The van der Waals surface area contributed by atoms with E-state index in [1.807, 2.05) is 42.7 Å². The van der Waals surface area contributed by atoms with Crippen LogP contribution in [0.4, 0.5) is 0 Å². The second-order valence-electron chi connectivity index (χ2n) is 16.8. The maximum atomic E-state index is 11.3. The van der Waals surface area contributed by atoms with Gasteiger partial charge in [-0.05, 0) is 90.9 Å². The largest absolute Gasteiger partial charge is 0.507 e. The van der Waals surface area contributed by atoms with Gasteiger partial charge in [0.15, 0.2) is 0 Å². The average molecular weight is 867 g/mol. The number of aromatic hydroxyl groups is 1. The molecule has 7 aromatic rings. The molecule has 4 aromatic carbocycles. The molecule has 0 saturated heterocycles. The summed E-state index contributed by atoms with van der Waals surface area (Å²) in [5, 5.41) is 12.4. The molecule has 0 aliphatic rings. The van der Waals surface area contributed by atoms with E-state index in [2.05, 4.69) is 128 Å². The molecule has 1 N–H and O–H groups in total. The Morgan fingerprint density at radius 2 is 1.31 bits per heavy atom. The maximum Gasteiger partial charge on any atom is 0.144 e. The number of rotatable bonds is 4. The molecular formula is C46H47N4OPt-. The van der Waals surface area contributed by atoms with Crippen LogP contribution >= 0.6 is 0 Å². The van der Waals surface area contributed by atoms with E-state index in [0.717, 1.165) is 78.0 Å². The predicted molar refractivity (Wildman–Crippen MR) is 212 cm³/mol. The first-order chi connectivity index (χ1) is 24.0. The monoisotopic (exact) mass is 866 g/mol. The molecule has 0 fully saturated rings. The van der Waals surface area contributed by atoms with Gasteiger partial charge < -0.3 is 9.67 Å². The van der Waals surface area contributed by atoms with Crippen molar-refractivity contribution in [1.82, 2.24) is 19.5 Å². The molecule has 0 aliphatic carbocycles. The number of pyridine rings is 2. The van der Waals surface area contributed by atoms with Crippen molar-refractivity contribution in [1.29, 1.82) is 0 Å². The topological polar surface area (TPSA) is 63.8 Å². The molecule has 3 aromatic heterocycles. The Hall–Kier alpha value is -4.60. The van der Waals surface area contributed by atoms with E-state index in [4.69, 9.17) is 15.0 Å². The zero-order valence-corrected chi connectivity index (χ0v) is 34.1. The van der Waals surface area contributed by atoms with Crippen molar-refractivity contribution in [2.24, 2.45) is 0 Å². The van der Waals surface area contributed by atoms with Crippen LogP contribution in [-0.4, -0.2) is 24.6 Å². The molecule has 52 heavy (non-hydrogen) atoms. The van der Waals surface area contributed by atoms with Crippen LogP contribution in [0.25, 0.3) is 66.8 Å². The van der Waals surface area contributed by atoms with E-state index in [-0.39, 0.29) is 43.2 Å². The first-order valence-corrected chi connectivity index (χ1v) is 17.8. The first kappa shape index (κ1) is 37.2. The summed E-state index contributed by atoms with van der Waals surface area (Å²) in [4.78, 5) is 15.1. The average Bonchev–Trinajstić information content (AvgIpc) is 3.50. The summed E-state index contributed by atoms with van der Waals surface area (Å²) in [6, 6.07) is 33.1. The number of hydrogen-bond donors (Lipinski definition) is 1. The number of fused-ring (bicyclic) bond motifs is 2. The van der Waals surface area contributed by atoms with Gasteiger partial charge in [-0.3, -0.25) is 9.97 Å². The predicted octanol–water partition coefficient (Wildman–Crippen LogP) is 11.8. The fourth-order valence-corrected chi connectivity index (χ4v) is 6.94. The van der Waals surface area contributed by atoms with Crippen molar-refractivity contribution in [2.75, 3.05) is 0 Å². The molecular weight excluding hydrogens is 820 g/mol. The number of nitrogens with zero attached hydrogens (tertiary/aromatic N) is 4. The van der Waals surface area contributed by atoms with Crippen LogP contribution in [0, 0.1) is 13.0 Å². The Morgan fingerprint density at radius 3 is 1.96 bits per heavy atom. The van der Waals surface area contributed by atoms with Gasteiger partial charge in [-0.25, -0.2) is 4.98 Å². The van der Waals surface area contributed by atoms with Gasteiger partial charge >= 0.3 is 0 Å². The van der Waals surface area contributed by atoms with Gasteiger partial charge in [-0.1, -0.05) is 101 Å². The molecule has 3 heterocycles. The number of aryl methyl sites for hydroxylation is 1. The van der Waals surface area contributed by atoms with E-state index >= 15 is 0 Å². The van der Waals surface area contributed by atoms with Crippen LogP contribution in [0.15, 0.2) is 97.3 Å². The van der Waals surface area contributed by atoms with Gasteiger partial charge in [0, 0.05) is 44.5 Å². The minimum absolute atomic E-state index is 0. The van der Waals surface area contributed by atoms with Crippen molar-refractivity contribution in [3.63, 3.8) is 0 Å². The molecule has 0 atom stereocenters. The van der Waals surface area contributed by atoms with Gasteiger partial charge in [0.2, 0.25) is 0 Å². The van der Waals surface area contributed by atoms with Gasteiger partial charge in [-0.15, -0.1) is 29.3 Å². The summed E-state index contributed by atoms with van der Waals surface area (Å²) in [5.41, 5.74) is 12.3. The van der Waals surface area contributed by atoms with Crippen molar-refractivity contribution >= 4 is 21.9 Å². The number of imidazole rings is 1. The van der Waals surface area contributed by atoms with Crippen LogP contribution in [0.2, 0.25) is 0 Å². The second kappa shape index (κ2) is 13.4. The SMILES string of the molecule is Cc1ccc(-c2[c-]c(-c3cc(C(C)(C)C)cc4cccnc34)cc(-c3ccccn3)c2)c2nc(-c3cc(C(C)(C)C)ccc3O)n(C(C)(C)C)c12.[Pt]. The summed E-state index contributed by atoms with van der Waals surface area (Å²) in [6.45, 7) is 22.0. The van der Waals surface area contributed by atoms with E-state index in [0.29, 0.717) is 0 Å². The molecule has 0 unspecified atom stereocenters. The zero-order valence-electron chi connectivity index (χ0n) is 31.8. The Labute approximate surface area is 322 Å². The third-order valence-electron chi connectivity index (χ3n) is 9.76. The van der Waals surface area contributed by atoms with Crippen molar-refractivity contribution < 1.29 is 26.2 Å². The molecule has 7 rings (SSSR count). The van der Waals surface area contributed by atoms with Gasteiger partial charge in [0.05, 0.1) is 22.3 Å². The summed E-state index contributed by atoms with van der Waals surface area (Å²) >= 11 is 0. The minimum atomic E-state index is -0.333. The van der Waals surface area contributed by atoms with Crippen LogP contribution in [0.1, 0.15) is 79.0 Å². The quantitative estimate of drug-likeness (QED) is 0.179. The van der Waals surface area contributed by atoms with Gasteiger partial charge in [0.1, 0.15) is 11.6 Å². The van der Waals surface area contributed by atoms with Crippen LogP contribution in [0.5, 0.6) is 5.75 Å². The number of phenols is 1. The summed E-state index contributed by atoms with van der Waals surface area (Å²) in [6.07, 6.45) is 3.70. The Morgan fingerprint density at radius 1 is 0.635 bits per heavy atom. The van der Waals surface area contributed by atoms with Gasteiger partial charge in [0.25, 0.3) is 0 Å². The molecule has 6 heteroatoms. The number of hydrogen-bond acceptors (Lipinski definition) is 4. The maximum absolute atomic E-state index is 11.3. The molecule has 0 spiro atoms. The third-order valence-corrected chi connectivity index (χ3v) is 9.76. The number of phenolic OH excluding ortho intramolecular Hbond substituents is 1. The van der Waals surface area contributed by atoms with Crippen molar-refractivity contribution in [2.45, 2.75) is 85.6 Å². The summed E-state index contributed by atoms with van der Waals surface area (Å²) in [7, 11) is 0. The molecule has 0 radical (unpaired) electrons. The Kier molecular flexibility index (Phi) is 9.59. The smallest absolute Gasteiger partial charge is 0.144 e. The van der Waals surface area contributed by atoms with Crippen LogP contribution < -0.4 is 0 Å². The normalized spacial score (nSPS) is 12.3. The van der Waals surface area contributed by atoms with Crippen LogP contribution in [-0.2, 0) is 37.4 Å². The molecule has 5 nitrogen and oxygen atoms in total. The first-order valence-electron chi connectivity index (χ1n) is 17.8. The fraction of sp³-hybridized carbons (Fsp3) is 0.283. The number of aromatic nitrogens is 4. The van der Waals surface area contributed by atoms with Crippen LogP contribution in [0.3, 0.4) is 0 Å². The Balaban J connectivity index is 0.00000464. The molecule has 0 saturated carbocycles. The summed E-state index contributed by atoms with van der Waals surface area (Å²) < 4.78 is 2.29.